The summed E-state index contributed by atoms with van der Waals surface area (Å²) < 4.78 is 39.4. The fourth-order valence-electron chi connectivity index (χ4n) is 0.534. The smallest absolute Gasteiger partial charge is 0.868 e. The van der Waals surface area contributed by atoms with Gasteiger partial charge in [-0.15, -0.1) is 0 Å². The molecule has 4 nitrogen and oxygen atoms in total. The molecule has 0 aromatic heterocycles. The fraction of sp³-hybridized carbons (Fsp3) is 0.429. The van der Waals surface area contributed by atoms with E-state index in [9.17, 15) is 23.1 Å². The Morgan fingerprint density at radius 3 is 2.27 bits per heavy atom. The summed E-state index contributed by atoms with van der Waals surface area (Å²) in [5.41, 5.74) is -1.56. The van der Waals surface area contributed by atoms with Crippen LogP contribution in [0.3, 0.4) is 0 Å². The summed E-state index contributed by atoms with van der Waals surface area (Å²) in [7, 11) is 0. The third-order valence-corrected chi connectivity index (χ3v) is 1.08. The van der Waals surface area contributed by atoms with Crippen LogP contribution in [0.5, 0.6) is 0 Å². The van der Waals surface area contributed by atoms with Gasteiger partial charge in [-0.3, -0.25) is 0 Å². The van der Waals surface area contributed by atoms with Crippen molar-refractivity contribution in [1.82, 2.24) is 0 Å². The number of halogens is 3. The Bertz CT molecular complexity index is 306. The molecule has 15 heavy (non-hydrogen) atoms. The molecule has 8 heteroatoms. The van der Waals surface area contributed by atoms with Crippen LogP contribution in [0.2, 0.25) is 0 Å². The van der Waals surface area contributed by atoms with Crippen molar-refractivity contribution >= 4 is 5.97 Å². The molecule has 0 amide bonds. The first kappa shape index (κ1) is 16.7. The first-order chi connectivity index (χ1) is 6.34. The van der Waals surface area contributed by atoms with Crippen LogP contribution in [-0.2, 0) is 9.53 Å². The summed E-state index contributed by atoms with van der Waals surface area (Å²) in [6.45, 7) is 1.13. The zero-order valence-corrected chi connectivity index (χ0v) is 10.0. The SMILES string of the molecule is CCOC(=O)/C(C#N)=C(\[O-])C(F)(F)F.[Na+]. The van der Waals surface area contributed by atoms with Crippen molar-refractivity contribution in [3.63, 3.8) is 0 Å². The molecule has 0 N–H and O–H groups in total. The summed E-state index contributed by atoms with van der Waals surface area (Å²) in [6.07, 6.45) is -5.24. The van der Waals surface area contributed by atoms with Gasteiger partial charge in [-0.25, -0.2) is 4.79 Å². The number of nitriles is 1. The standard InChI is InChI=1S/C7H6F3NO3.Na/c1-2-14-6(13)4(3-11)5(12)7(8,9)10;/h12H,2H2,1H3;/q;+1/p-1/b5-4-;. The predicted molar refractivity (Wildman–Crippen MR) is 35.3 cm³/mol. The quantitative estimate of drug-likeness (QED) is 0.170. The van der Waals surface area contributed by atoms with Crippen LogP contribution >= 0.6 is 0 Å². The number of rotatable bonds is 2. The number of hydrogen-bond acceptors (Lipinski definition) is 4. The van der Waals surface area contributed by atoms with E-state index in [0.29, 0.717) is 0 Å². The second-order valence-corrected chi connectivity index (χ2v) is 2.03. The Labute approximate surface area is 106 Å². The Morgan fingerprint density at radius 2 is 2.00 bits per heavy atom. The van der Waals surface area contributed by atoms with E-state index in [0.717, 1.165) is 6.07 Å². The Balaban J connectivity index is 0. The van der Waals surface area contributed by atoms with Gasteiger partial charge in [0, 0.05) is 0 Å². The van der Waals surface area contributed by atoms with Crippen molar-refractivity contribution in [3.05, 3.63) is 11.3 Å². The molecule has 0 heterocycles. The van der Waals surface area contributed by atoms with Crippen LogP contribution in [-0.4, -0.2) is 18.8 Å². The van der Waals surface area contributed by atoms with Crippen LogP contribution in [0.25, 0.3) is 0 Å². The van der Waals surface area contributed by atoms with Gasteiger partial charge in [0.25, 0.3) is 0 Å². The van der Waals surface area contributed by atoms with Crippen molar-refractivity contribution in [3.8, 4) is 6.07 Å². The van der Waals surface area contributed by atoms with E-state index >= 15 is 0 Å². The maximum absolute atomic E-state index is 11.8. The van der Waals surface area contributed by atoms with Gasteiger partial charge in [-0.2, -0.15) is 18.4 Å². The molecule has 0 aliphatic carbocycles. The summed E-state index contributed by atoms with van der Waals surface area (Å²) >= 11 is 0. The van der Waals surface area contributed by atoms with Gasteiger partial charge in [-0.1, -0.05) is 0 Å². The van der Waals surface area contributed by atoms with Crippen molar-refractivity contribution in [2.75, 3.05) is 6.61 Å². The zero-order valence-electron chi connectivity index (χ0n) is 8.01. The van der Waals surface area contributed by atoms with Gasteiger partial charge in [0.2, 0.25) is 0 Å². The molecule has 0 unspecified atom stereocenters. The minimum absolute atomic E-state index is 0. The number of nitrogens with zero attached hydrogens (tertiary/aromatic N) is 1. The molecule has 0 bridgehead atoms. The van der Waals surface area contributed by atoms with Crippen molar-refractivity contribution in [1.29, 1.82) is 5.26 Å². The van der Waals surface area contributed by atoms with Gasteiger partial charge in [0.05, 0.1) is 6.61 Å². The number of carbonyl (C=O) groups is 1. The number of hydrogen-bond donors (Lipinski definition) is 0. The van der Waals surface area contributed by atoms with E-state index in [4.69, 9.17) is 5.26 Å². The zero-order chi connectivity index (χ0) is 11.4. The normalized spacial score (nSPS) is 11.9. The van der Waals surface area contributed by atoms with Crippen LogP contribution in [0.1, 0.15) is 6.92 Å². The molecule has 0 aromatic carbocycles. The first-order valence-corrected chi connectivity index (χ1v) is 3.40. The number of esters is 1. The van der Waals surface area contributed by atoms with Gasteiger partial charge in [0.15, 0.2) is 0 Å². The molecule has 0 atom stereocenters. The minimum atomic E-state index is -5.24. The number of carbonyl (C=O) groups excluding carboxylic acids is 1. The van der Waals surface area contributed by atoms with Crippen molar-refractivity contribution in [2.24, 2.45) is 0 Å². The van der Waals surface area contributed by atoms with E-state index in [1.807, 2.05) is 0 Å². The van der Waals surface area contributed by atoms with Crippen LogP contribution in [0.15, 0.2) is 11.3 Å². The molecule has 0 aliphatic rings. The predicted octanol–water partition coefficient (Wildman–Crippen LogP) is -2.75. The third kappa shape index (κ3) is 5.06. The van der Waals surface area contributed by atoms with Crippen molar-refractivity contribution < 1.29 is 57.4 Å². The van der Waals surface area contributed by atoms with Crippen LogP contribution in [0.4, 0.5) is 13.2 Å². The largest absolute Gasteiger partial charge is 1.00 e. The minimum Gasteiger partial charge on any atom is -0.868 e. The number of alkyl halides is 3. The summed E-state index contributed by atoms with van der Waals surface area (Å²) in [4.78, 5) is 10.7. The molecule has 0 aromatic rings. The topological polar surface area (TPSA) is 73.2 Å². The van der Waals surface area contributed by atoms with E-state index in [-0.39, 0.29) is 36.2 Å². The van der Waals surface area contributed by atoms with Crippen LogP contribution < -0.4 is 34.7 Å². The van der Waals surface area contributed by atoms with Gasteiger partial charge < -0.3 is 9.84 Å². The van der Waals surface area contributed by atoms with Gasteiger partial charge in [0.1, 0.15) is 11.6 Å². The Morgan fingerprint density at radius 1 is 1.53 bits per heavy atom. The molecular formula is C7H5F3NNaO3. The Kier molecular flexibility index (Phi) is 7.48. The van der Waals surface area contributed by atoms with Crippen molar-refractivity contribution in [2.45, 2.75) is 13.1 Å². The molecule has 0 spiro atoms. The van der Waals surface area contributed by atoms with Gasteiger partial charge >= 0.3 is 41.7 Å². The first-order valence-electron chi connectivity index (χ1n) is 3.40. The Hall–Kier alpha value is -0.710. The average Bonchev–Trinajstić information content (AvgIpc) is 2.04. The fourth-order valence-corrected chi connectivity index (χ4v) is 0.534. The average molecular weight is 231 g/mol. The van der Waals surface area contributed by atoms with Crippen LogP contribution in [0, 0.1) is 11.3 Å². The molecule has 0 fully saturated rings. The van der Waals surface area contributed by atoms with E-state index in [1.54, 1.807) is 0 Å². The van der Waals surface area contributed by atoms with E-state index in [1.165, 1.54) is 6.92 Å². The maximum Gasteiger partial charge on any atom is 1.00 e. The molecule has 78 valence electrons. The monoisotopic (exact) mass is 231 g/mol. The molecule has 0 radical (unpaired) electrons. The maximum atomic E-state index is 11.8. The van der Waals surface area contributed by atoms with Gasteiger partial charge in [-0.05, 0) is 12.7 Å². The third-order valence-electron chi connectivity index (χ3n) is 1.08. The number of ether oxygens (including phenoxy) is 1. The van der Waals surface area contributed by atoms with E-state index in [2.05, 4.69) is 4.74 Å². The number of allylic oxidation sites excluding steroid dienone is 1. The molecule has 0 saturated carbocycles. The molecular weight excluding hydrogens is 226 g/mol. The molecule has 0 rings (SSSR count). The summed E-state index contributed by atoms with van der Waals surface area (Å²) in [5, 5.41) is 18.6. The van der Waals surface area contributed by atoms with E-state index < -0.39 is 23.5 Å². The second-order valence-electron chi connectivity index (χ2n) is 2.03. The summed E-state index contributed by atoms with van der Waals surface area (Å²) in [6, 6.07) is 0.866. The second kappa shape index (κ2) is 6.71. The molecule has 0 saturated heterocycles. The molecule has 0 aliphatic heterocycles. The summed E-state index contributed by atoms with van der Waals surface area (Å²) in [5.74, 6) is -4.05.